The van der Waals surface area contributed by atoms with Crippen LogP contribution in [-0.2, 0) is 4.79 Å². The molecule has 0 radical (unpaired) electrons. The topological polar surface area (TPSA) is 69.1 Å². The summed E-state index contributed by atoms with van der Waals surface area (Å²) in [6.45, 7) is 11.0. The van der Waals surface area contributed by atoms with Crippen molar-refractivity contribution in [3.63, 3.8) is 0 Å². The number of nitrogens with zero attached hydrogens (tertiary/aromatic N) is 3. The highest BCUT2D eigenvalue weighted by atomic mass is 16.1. The molecule has 0 bridgehead atoms. The number of carbonyl (C=O) groups excluding carboxylic acids is 1. The van der Waals surface area contributed by atoms with Gasteiger partial charge in [-0.05, 0) is 43.8 Å². The smallest absolute Gasteiger partial charge is 0.247 e. The van der Waals surface area contributed by atoms with Crippen LogP contribution in [0.25, 0.3) is 0 Å². The predicted octanol–water partition coefficient (Wildman–Crippen LogP) is 3.10. The molecule has 1 aromatic rings. The van der Waals surface area contributed by atoms with E-state index in [0.717, 1.165) is 17.8 Å². The van der Waals surface area contributed by atoms with Crippen LogP contribution in [0.5, 0.6) is 0 Å². The number of amides is 1. The first-order valence-corrected chi connectivity index (χ1v) is 8.18. The van der Waals surface area contributed by atoms with Gasteiger partial charge >= 0.3 is 0 Å². The largest absolute Gasteiger partial charge is 0.330 e. The van der Waals surface area contributed by atoms with E-state index in [4.69, 9.17) is 0 Å². The SMILES string of the molecule is C=CC(=O)NC1=C(N/C(N=C)=N/C(=C)N(C)c2ccccc2)C=CCC1. The van der Waals surface area contributed by atoms with Gasteiger partial charge in [-0.25, -0.2) is 4.99 Å². The quantitative estimate of drug-likeness (QED) is 0.471. The highest BCUT2D eigenvalue weighted by Gasteiger charge is 2.12. The summed E-state index contributed by atoms with van der Waals surface area (Å²) in [5.74, 6) is 0.542. The molecule has 0 saturated carbocycles. The molecule has 0 spiro atoms. The maximum Gasteiger partial charge on any atom is 0.247 e. The van der Waals surface area contributed by atoms with Crippen LogP contribution >= 0.6 is 0 Å². The molecule has 0 atom stereocenters. The lowest BCUT2D eigenvalue weighted by molar-refractivity contribution is -0.115. The number of hydrogen-bond donors (Lipinski definition) is 2. The van der Waals surface area contributed by atoms with Crippen molar-refractivity contribution >= 4 is 24.3 Å². The highest BCUT2D eigenvalue weighted by Crippen LogP contribution is 2.17. The second-order valence-electron chi connectivity index (χ2n) is 5.56. The van der Waals surface area contributed by atoms with Crippen LogP contribution in [-0.4, -0.2) is 25.6 Å². The second kappa shape index (κ2) is 9.17. The van der Waals surface area contributed by atoms with Gasteiger partial charge in [0.05, 0.1) is 5.70 Å². The number of guanidine groups is 1. The first-order chi connectivity index (χ1) is 12.5. The monoisotopic (exact) mass is 349 g/mol. The maximum absolute atomic E-state index is 11.6. The molecule has 6 heteroatoms. The van der Waals surface area contributed by atoms with Gasteiger partial charge in [0.1, 0.15) is 5.82 Å². The number of anilines is 1. The lowest BCUT2D eigenvalue weighted by atomic mass is 10.1. The van der Waals surface area contributed by atoms with Gasteiger partial charge in [-0.2, -0.15) is 4.99 Å². The summed E-state index contributed by atoms with van der Waals surface area (Å²) in [7, 11) is 1.87. The van der Waals surface area contributed by atoms with Crippen LogP contribution in [0.3, 0.4) is 0 Å². The Morgan fingerprint density at radius 1 is 1.27 bits per heavy atom. The zero-order valence-electron chi connectivity index (χ0n) is 14.9. The summed E-state index contributed by atoms with van der Waals surface area (Å²) in [6, 6.07) is 9.76. The van der Waals surface area contributed by atoms with Gasteiger partial charge in [-0.15, -0.1) is 0 Å². The van der Waals surface area contributed by atoms with Gasteiger partial charge in [0.15, 0.2) is 0 Å². The van der Waals surface area contributed by atoms with E-state index in [-0.39, 0.29) is 5.91 Å². The third kappa shape index (κ3) is 5.04. The van der Waals surface area contributed by atoms with Crippen LogP contribution in [0.1, 0.15) is 12.8 Å². The fourth-order valence-corrected chi connectivity index (χ4v) is 2.33. The standard InChI is InChI=1S/C20H23N5O/c1-5-19(26)23-17-13-9-10-14-18(17)24-20(21-3)22-15(2)25(4)16-11-7-6-8-12-16/h5-8,10-12,14H,1-3,9,13H2,4H3,(H,22,24)(H,23,26). The maximum atomic E-state index is 11.6. The van der Waals surface area contributed by atoms with Crippen molar-refractivity contribution in [2.75, 3.05) is 11.9 Å². The number of rotatable bonds is 6. The summed E-state index contributed by atoms with van der Waals surface area (Å²) in [5.41, 5.74) is 2.43. The van der Waals surface area contributed by atoms with Gasteiger partial charge in [-0.1, -0.05) is 37.4 Å². The lowest BCUT2D eigenvalue weighted by Gasteiger charge is -2.20. The molecule has 0 heterocycles. The number of nitrogens with one attached hydrogen (secondary N) is 2. The van der Waals surface area contributed by atoms with Gasteiger partial charge in [0, 0.05) is 18.4 Å². The van der Waals surface area contributed by atoms with Crippen molar-refractivity contribution in [1.29, 1.82) is 0 Å². The fraction of sp³-hybridized carbons (Fsp3) is 0.150. The molecule has 6 nitrogen and oxygen atoms in total. The Bertz CT molecular complexity index is 790. The van der Waals surface area contributed by atoms with E-state index < -0.39 is 0 Å². The Hall–Kier alpha value is -3.41. The molecule has 0 fully saturated rings. The van der Waals surface area contributed by atoms with Crippen LogP contribution in [0.15, 0.2) is 88.9 Å². The summed E-state index contributed by atoms with van der Waals surface area (Å²) in [4.78, 5) is 21.8. The molecule has 1 amide bonds. The number of allylic oxidation sites excluding steroid dienone is 3. The summed E-state index contributed by atoms with van der Waals surface area (Å²) >= 11 is 0. The van der Waals surface area contributed by atoms with E-state index in [0.29, 0.717) is 23.9 Å². The Morgan fingerprint density at radius 2 is 2.00 bits per heavy atom. The fourth-order valence-electron chi connectivity index (χ4n) is 2.33. The molecule has 134 valence electrons. The average molecular weight is 349 g/mol. The Labute approximate surface area is 154 Å². The summed E-state index contributed by atoms with van der Waals surface area (Å²) in [5, 5.41) is 5.91. The Balaban J connectivity index is 2.18. The molecule has 0 saturated heterocycles. The molecule has 1 aromatic carbocycles. The molecular formula is C20H23N5O. The van der Waals surface area contributed by atoms with E-state index in [2.05, 4.69) is 40.5 Å². The minimum atomic E-state index is -0.257. The van der Waals surface area contributed by atoms with Crippen LogP contribution in [0, 0.1) is 0 Å². The number of aliphatic imine (C=N–C) groups is 2. The normalized spacial score (nSPS) is 13.8. The molecule has 2 rings (SSSR count). The molecule has 0 unspecified atom stereocenters. The minimum absolute atomic E-state index is 0.257. The molecule has 1 aliphatic carbocycles. The van der Waals surface area contributed by atoms with Crippen molar-refractivity contribution in [2.24, 2.45) is 9.98 Å². The molecular weight excluding hydrogens is 326 g/mol. The van der Waals surface area contributed by atoms with Crippen molar-refractivity contribution in [3.8, 4) is 0 Å². The number of carbonyl (C=O) groups is 1. The first-order valence-electron chi connectivity index (χ1n) is 8.18. The molecule has 0 aromatic heterocycles. The Morgan fingerprint density at radius 3 is 2.65 bits per heavy atom. The number of benzene rings is 1. The van der Waals surface area contributed by atoms with Gasteiger partial charge in [0.2, 0.25) is 11.9 Å². The van der Waals surface area contributed by atoms with Crippen LogP contribution < -0.4 is 15.5 Å². The summed E-state index contributed by atoms with van der Waals surface area (Å²) in [6.07, 6.45) is 6.67. The lowest BCUT2D eigenvalue weighted by Crippen LogP contribution is -2.30. The van der Waals surface area contributed by atoms with E-state index in [9.17, 15) is 4.79 Å². The van der Waals surface area contributed by atoms with Crippen molar-refractivity contribution in [1.82, 2.24) is 10.6 Å². The zero-order chi connectivity index (χ0) is 18.9. The van der Waals surface area contributed by atoms with Crippen LogP contribution in [0.2, 0.25) is 0 Å². The van der Waals surface area contributed by atoms with Crippen molar-refractivity contribution in [2.45, 2.75) is 12.8 Å². The molecule has 0 aliphatic heterocycles. The molecule has 2 N–H and O–H groups in total. The van der Waals surface area contributed by atoms with Gasteiger partial charge in [0.25, 0.3) is 0 Å². The second-order valence-corrected chi connectivity index (χ2v) is 5.56. The molecule has 26 heavy (non-hydrogen) atoms. The number of para-hydroxylation sites is 1. The van der Waals surface area contributed by atoms with Crippen LogP contribution in [0.4, 0.5) is 5.69 Å². The van der Waals surface area contributed by atoms with Gasteiger partial charge in [-0.3, -0.25) is 4.79 Å². The first kappa shape index (κ1) is 18.9. The van der Waals surface area contributed by atoms with E-state index in [1.807, 2.05) is 54.4 Å². The van der Waals surface area contributed by atoms with E-state index in [1.54, 1.807) is 0 Å². The summed E-state index contributed by atoms with van der Waals surface area (Å²) < 4.78 is 0. The predicted molar refractivity (Wildman–Crippen MR) is 108 cm³/mol. The van der Waals surface area contributed by atoms with Crippen molar-refractivity contribution < 1.29 is 4.79 Å². The number of hydrogen-bond acceptors (Lipinski definition) is 3. The Kier molecular flexibility index (Phi) is 6.68. The van der Waals surface area contributed by atoms with E-state index >= 15 is 0 Å². The highest BCUT2D eigenvalue weighted by molar-refractivity contribution is 5.89. The third-order valence-corrected chi connectivity index (χ3v) is 3.79. The van der Waals surface area contributed by atoms with Gasteiger partial charge < -0.3 is 15.5 Å². The third-order valence-electron chi connectivity index (χ3n) is 3.79. The zero-order valence-corrected chi connectivity index (χ0v) is 14.9. The molecule has 1 aliphatic rings. The van der Waals surface area contributed by atoms with E-state index in [1.165, 1.54) is 6.08 Å². The average Bonchev–Trinajstić information content (AvgIpc) is 2.68. The minimum Gasteiger partial charge on any atom is -0.330 e. The van der Waals surface area contributed by atoms with Crippen molar-refractivity contribution in [3.05, 3.63) is 78.9 Å².